The maximum absolute atomic E-state index is 12.5. The summed E-state index contributed by atoms with van der Waals surface area (Å²) < 4.78 is 0. The zero-order valence-corrected chi connectivity index (χ0v) is 14.1. The van der Waals surface area contributed by atoms with E-state index in [9.17, 15) is 19.2 Å². The standard InChI is InChI=1S/C17H18N4O4/c1-10(22)21-13(11-7-5-4-6-8-11)9-12(18-21)14-15(23)19(2)17(25)20(3)16(14)24/h4-9,13-14,18H,1-3H3/t13-/m0/s1. The number of carbonyl (C=O) groups excluding carboxylic acids is 4. The zero-order chi connectivity index (χ0) is 18.3. The summed E-state index contributed by atoms with van der Waals surface area (Å²) in [4.78, 5) is 50.6. The second-order valence-corrected chi connectivity index (χ2v) is 5.99. The molecule has 8 nitrogen and oxygen atoms in total. The Bertz CT molecular complexity index is 765. The summed E-state index contributed by atoms with van der Waals surface area (Å²) in [6.07, 6.45) is 1.68. The number of nitrogens with zero attached hydrogens (tertiary/aromatic N) is 3. The molecule has 1 aromatic rings. The largest absolute Gasteiger partial charge is 0.332 e. The van der Waals surface area contributed by atoms with Gasteiger partial charge in [0, 0.05) is 21.0 Å². The van der Waals surface area contributed by atoms with Gasteiger partial charge in [0.1, 0.15) is 0 Å². The van der Waals surface area contributed by atoms with Gasteiger partial charge in [-0.15, -0.1) is 0 Å². The number of hydrogen-bond acceptors (Lipinski definition) is 5. The predicted octanol–water partition coefficient (Wildman–Crippen LogP) is 0.645. The fourth-order valence-corrected chi connectivity index (χ4v) is 2.99. The van der Waals surface area contributed by atoms with E-state index in [2.05, 4.69) is 5.43 Å². The van der Waals surface area contributed by atoms with Gasteiger partial charge < -0.3 is 0 Å². The van der Waals surface area contributed by atoms with Crippen molar-refractivity contribution in [3.63, 3.8) is 0 Å². The highest BCUT2D eigenvalue weighted by atomic mass is 16.2. The van der Waals surface area contributed by atoms with E-state index < -0.39 is 29.8 Å². The van der Waals surface area contributed by atoms with Crippen LogP contribution in [0.15, 0.2) is 42.1 Å². The molecule has 2 aliphatic rings. The fourth-order valence-electron chi connectivity index (χ4n) is 2.99. The summed E-state index contributed by atoms with van der Waals surface area (Å²) in [5, 5.41) is 1.36. The maximum Gasteiger partial charge on any atom is 0.332 e. The first kappa shape index (κ1) is 16.7. The number of benzene rings is 1. The molecule has 0 saturated carbocycles. The van der Waals surface area contributed by atoms with Crippen molar-refractivity contribution in [3.05, 3.63) is 47.7 Å². The van der Waals surface area contributed by atoms with E-state index in [0.29, 0.717) is 5.70 Å². The monoisotopic (exact) mass is 342 g/mol. The van der Waals surface area contributed by atoms with E-state index in [1.807, 2.05) is 30.3 Å². The Kier molecular flexibility index (Phi) is 4.03. The first-order chi connectivity index (χ1) is 11.8. The van der Waals surface area contributed by atoms with Crippen LogP contribution in [-0.2, 0) is 14.4 Å². The van der Waals surface area contributed by atoms with Crippen molar-refractivity contribution in [1.82, 2.24) is 20.2 Å². The summed E-state index contributed by atoms with van der Waals surface area (Å²) >= 11 is 0. The molecule has 2 aliphatic heterocycles. The zero-order valence-electron chi connectivity index (χ0n) is 14.1. The Morgan fingerprint density at radius 3 is 2.08 bits per heavy atom. The van der Waals surface area contributed by atoms with Crippen LogP contribution in [0.4, 0.5) is 4.79 Å². The average molecular weight is 342 g/mol. The van der Waals surface area contributed by atoms with E-state index in [0.717, 1.165) is 15.4 Å². The highest BCUT2D eigenvalue weighted by molar-refractivity contribution is 6.17. The minimum Gasteiger partial charge on any atom is -0.298 e. The summed E-state index contributed by atoms with van der Waals surface area (Å²) in [7, 11) is 2.65. The summed E-state index contributed by atoms with van der Waals surface area (Å²) in [6.45, 7) is 1.39. The molecule has 3 rings (SSSR count). The summed E-state index contributed by atoms with van der Waals surface area (Å²) in [6, 6.07) is 8.14. The van der Waals surface area contributed by atoms with Gasteiger partial charge in [0.05, 0.1) is 11.7 Å². The lowest BCUT2D eigenvalue weighted by atomic mass is 9.98. The van der Waals surface area contributed by atoms with Crippen LogP contribution < -0.4 is 5.43 Å². The third-order valence-corrected chi connectivity index (χ3v) is 4.39. The van der Waals surface area contributed by atoms with Crippen LogP contribution in [0.25, 0.3) is 0 Å². The highest BCUT2D eigenvalue weighted by Gasteiger charge is 2.47. The van der Waals surface area contributed by atoms with E-state index in [4.69, 9.17) is 0 Å². The van der Waals surface area contributed by atoms with E-state index in [-0.39, 0.29) is 5.91 Å². The third-order valence-electron chi connectivity index (χ3n) is 4.39. The molecule has 1 N–H and O–H groups in total. The quantitative estimate of drug-likeness (QED) is 0.797. The molecule has 1 aromatic carbocycles. The van der Waals surface area contributed by atoms with Crippen LogP contribution in [-0.4, -0.2) is 52.7 Å². The predicted molar refractivity (Wildman–Crippen MR) is 87.3 cm³/mol. The van der Waals surface area contributed by atoms with Gasteiger partial charge in [-0.25, -0.2) is 9.80 Å². The van der Waals surface area contributed by atoms with E-state index >= 15 is 0 Å². The minimum atomic E-state index is -1.18. The van der Waals surface area contributed by atoms with Gasteiger partial charge in [-0.2, -0.15) is 0 Å². The van der Waals surface area contributed by atoms with Crippen molar-refractivity contribution in [3.8, 4) is 0 Å². The first-order valence-electron chi connectivity index (χ1n) is 7.75. The molecule has 0 bridgehead atoms. The molecule has 1 atom stereocenters. The number of hydrazine groups is 1. The number of barbiturate groups is 1. The molecule has 130 valence electrons. The van der Waals surface area contributed by atoms with Crippen molar-refractivity contribution in [2.45, 2.75) is 13.0 Å². The van der Waals surface area contributed by atoms with Crippen molar-refractivity contribution in [1.29, 1.82) is 0 Å². The SMILES string of the molecule is CC(=O)N1NC(C2C(=O)N(C)C(=O)N(C)C2=O)=C[C@H]1c1ccccc1. The molecule has 0 aromatic heterocycles. The van der Waals surface area contributed by atoms with Gasteiger partial charge in [-0.05, 0) is 11.6 Å². The smallest absolute Gasteiger partial charge is 0.298 e. The van der Waals surface area contributed by atoms with E-state index in [1.54, 1.807) is 6.08 Å². The highest BCUT2D eigenvalue weighted by Crippen LogP contribution is 2.32. The molecule has 8 heteroatoms. The average Bonchev–Trinajstić information content (AvgIpc) is 3.04. The fraction of sp³-hybridized carbons (Fsp3) is 0.294. The minimum absolute atomic E-state index is 0.256. The Labute approximate surface area is 144 Å². The Hall–Kier alpha value is -3.16. The number of hydrogen-bond donors (Lipinski definition) is 1. The first-order valence-corrected chi connectivity index (χ1v) is 7.75. The van der Waals surface area contributed by atoms with Gasteiger partial charge in [-0.3, -0.25) is 29.6 Å². The van der Waals surface area contributed by atoms with Crippen LogP contribution >= 0.6 is 0 Å². The maximum atomic E-state index is 12.5. The number of urea groups is 1. The Morgan fingerprint density at radius 1 is 1.00 bits per heavy atom. The second kappa shape index (κ2) is 6.04. The summed E-state index contributed by atoms with van der Waals surface area (Å²) in [5.74, 6) is -2.68. The van der Waals surface area contributed by atoms with E-state index in [1.165, 1.54) is 26.0 Å². The van der Waals surface area contributed by atoms with Gasteiger partial charge in [0.25, 0.3) is 0 Å². The lowest BCUT2D eigenvalue weighted by Gasteiger charge is -2.33. The van der Waals surface area contributed by atoms with Crippen LogP contribution in [0, 0.1) is 5.92 Å². The molecule has 2 heterocycles. The topological polar surface area (TPSA) is 90.0 Å². The molecule has 0 aliphatic carbocycles. The van der Waals surface area contributed by atoms with Crippen LogP contribution in [0.3, 0.4) is 0 Å². The Morgan fingerprint density at radius 2 is 1.56 bits per heavy atom. The third kappa shape index (κ3) is 2.65. The molecular formula is C17H18N4O4. The number of rotatable bonds is 2. The van der Waals surface area contributed by atoms with Crippen molar-refractivity contribution in [2.24, 2.45) is 5.92 Å². The van der Waals surface area contributed by atoms with Crippen molar-refractivity contribution >= 4 is 23.8 Å². The second-order valence-electron chi connectivity index (χ2n) is 5.99. The van der Waals surface area contributed by atoms with Crippen LogP contribution in [0.5, 0.6) is 0 Å². The van der Waals surface area contributed by atoms with Crippen LogP contribution in [0.1, 0.15) is 18.5 Å². The molecule has 5 amide bonds. The lowest BCUT2D eigenvalue weighted by molar-refractivity contribution is -0.146. The molecule has 1 saturated heterocycles. The summed E-state index contributed by atoms with van der Waals surface area (Å²) in [5.41, 5.74) is 4.00. The molecule has 1 fully saturated rings. The van der Waals surface area contributed by atoms with Gasteiger partial charge in [0.15, 0.2) is 5.92 Å². The Balaban J connectivity index is 1.99. The molecule has 0 unspecified atom stereocenters. The van der Waals surface area contributed by atoms with Crippen LogP contribution in [0.2, 0.25) is 0 Å². The number of imide groups is 2. The lowest BCUT2D eigenvalue weighted by Crippen LogP contribution is -2.58. The number of carbonyl (C=O) groups is 4. The molecule has 0 radical (unpaired) electrons. The van der Waals surface area contributed by atoms with Gasteiger partial charge >= 0.3 is 6.03 Å². The van der Waals surface area contributed by atoms with Gasteiger partial charge in [0.2, 0.25) is 17.7 Å². The normalized spacial score (nSPS) is 21.6. The number of amides is 5. The van der Waals surface area contributed by atoms with Gasteiger partial charge in [-0.1, -0.05) is 30.3 Å². The molecular weight excluding hydrogens is 324 g/mol. The molecule has 0 spiro atoms. The number of nitrogens with one attached hydrogen (secondary N) is 1. The van der Waals surface area contributed by atoms with Crippen molar-refractivity contribution < 1.29 is 19.2 Å². The molecule has 25 heavy (non-hydrogen) atoms. The van der Waals surface area contributed by atoms with Crippen molar-refractivity contribution in [2.75, 3.05) is 14.1 Å².